The van der Waals surface area contributed by atoms with Crippen molar-refractivity contribution in [2.75, 3.05) is 18.5 Å². The summed E-state index contributed by atoms with van der Waals surface area (Å²) in [7, 11) is 1.95. The van der Waals surface area contributed by atoms with Crippen molar-refractivity contribution >= 4 is 34.4 Å². The predicted molar refractivity (Wildman–Crippen MR) is 141 cm³/mol. The van der Waals surface area contributed by atoms with Crippen molar-refractivity contribution in [2.45, 2.75) is 33.6 Å². The number of hydrazine groups is 1. The second-order valence-electron chi connectivity index (χ2n) is 8.69. The molecule has 2 amide bonds. The monoisotopic (exact) mass is 476 g/mol. The van der Waals surface area contributed by atoms with E-state index in [4.69, 9.17) is 0 Å². The van der Waals surface area contributed by atoms with Gasteiger partial charge in [-0.25, -0.2) is 4.98 Å². The minimum atomic E-state index is -0.420. The summed E-state index contributed by atoms with van der Waals surface area (Å²) in [6.45, 7) is 7.19. The van der Waals surface area contributed by atoms with Crippen LogP contribution in [0.2, 0.25) is 0 Å². The first-order chi connectivity index (χ1) is 16.3. The molecule has 0 saturated carbocycles. The molecule has 0 bridgehead atoms. The molecule has 0 saturated heterocycles. The van der Waals surface area contributed by atoms with Crippen LogP contribution in [-0.4, -0.2) is 30.4 Å². The smallest absolute Gasteiger partial charge is 0.289 e. The van der Waals surface area contributed by atoms with E-state index in [9.17, 15) is 9.59 Å². The molecule has 0 aliphatic heterocycles. The van der Waals surface area contributed by atoms with Gasteiger partial charge in [0, 0.05) is 25.4 Å². The number of thiazole rings is 1. The Kier molecular flexibility index (Phi) is 8.99. The van der Waals surface area contributed by atoms with Gasteiger partial charge in [0.15, 0.2) is 5.13 Å². The third-order valence-electron chi connectivity index (χ3n) is 5.13. The number of aromatic nitrogens is 1. The maximum absolute atomic E-state index is 12.3. The van der Waals surface area contributed by atoms with Crippen molar-refractivity contribution in [3.8, 4) is 11.1 Å². The summed E-state index contributed by atoms with van der Waals surface area (Å²) < 4.78 is 0. The summed E-state index contributed by atoms with van der Waals surface area (Å²) in [5.74, 6) is -0.176. The first kappa shape index (κ1) is 25.2. The zero-order chi connectivity index (χ0) is 24.5. The first-order valence-electron chi connectivity index (χ1n) is 11.4. The van der Waals surface area contributed by atoms with E-state index in [-0.39, 0.29) is 12.3 Å². The third kappa shape index (κ3) is 7.28. The number of carbonyl (C=O) groups is 2. The summed E-state index contributed by atoms with van der Waals surface area (Å²) in [5, 5.41) is 2.48. The number of aryl methyl sites for hydroxylation is 1. The molecule has 0 aliphatic carbocycles. The molecule has 1 aromatic heterocycles. The molecule has 0 spiro atoms. The quantitative estimate of drug-likeness (QED) is 0.402. The zero-order valence-electron chi connectivity index (χ0n) is 20.2. The lowest BCUT2D eigenvalue weighted by molar-refractivity contribution is -0.121. The third-order valence-corrected chi connectivity index (χ3v) is 6.09. The fourth-order valence-corrected chi connectivity index (χ4v) is 4.31. The van der Waals surface area contributed by atoms with Gasteiger partial charge in [-0.15, -0.1) is 11.3 Å². The molecule has 0 fully saturated rings. The van der Waals surface area contributed by atoms with Crippen LogP contribution in [0.15, 0.2) is 60.0 Å². The molecule has 7 heteroatoms. The standard InChI is InChI=1S/C27H32N4O2S/c1-19(2)17-31(4)27-28-24(18-34-27)26(33)30-29-25(32)13-9-8-12-22-15-14-20(3)16-23(22)21-10-6-5-7-11-21/h5-8,10-12,14-16,18-19H,9,13,17H2,1-4H3,(H,29,32)(H,30,33). The highest BCUT2D eigenvalue weighted by Gasteiger charge is 2.14. The fraction of sp³-hybridized carbons (Fsp3) is 0.296. The van der Waals surface area contributed by atoms with Gasteiger partial charge < -0.3 is 4.90 Å². The van der Waals surface area contributed by atoms with E-state index < -0.39 is 5.91 Å². The molecule has 3 aromatic rings. The van der Waals surface area contributed by atoms with Crippen LogP contribution in [0.1, 0.15) is 48.3 Å². The fourth-order valence-electron chi connectivity index (χ4n) is 3.53. The van der Waals surface area contributed by atoms with Crippen molar-refractivity contribution in [3.63, 3.8) is 0 Å². The van der Waals surface area contributed by atoms with Gasteiger partial charge in [0.25, 0.3) is 5.91 Å². The van der Waals surface area contributed by atoms with Crippen molar-refractivity contribution in [2.24, 2.45) is 5.92 Å². The zero-order valence-corrected chi connectivity index (χ0v) is 21.0. The van der Waals surface area contributed by atoms with Crippen molar-refractivity contribution in [1.82, 2.24) is 15.8 Å². The molecular weight excluding hydrogens is 444 g/mol. The van der Waals surface area contributed by atoms with Gasteiger partial charge in [-0.2, -0.15) is 0 Å². The summed E-state index contributed by atoms with van der Waals surface area (Å²) in [4.78, 5) is 30.9. The molecule has 2 N–H and O–H groups in total. The highest BCUT2D eigenvalue weighted by Crippen LogP contribution is 2.26. The number of benzene rings is 2. The predicted octanol–water partition coefficient (Wildman–Crippen LogP) is 5.47. The molecule has 3 rings (SSSR count). The molecule has 6 nitrogen and oxygen atoms in total. The molecule has 1 heterocycles. The molecule has 0 unspecified atom stereocenters. The Labute approximate surface area is 205 Å². The number of hydrogen-bond donors (Lipinski definition) is 2. The maximum atomic E-state index is 12.3. The summed E-state index contributed by atoms with van der Waals surface area (Å²) >= 11 is 1.41. The Morgan fingerprint density at radius 1 is 1.12 bits per heavy atom. The lowest BCUT2D eigenvalue weighted by Crippen LogP contribution is -2.41. The summed E-state index contributed by atoms with van der Waals surface area (Å²) in [6, 6.07) is 16.6. The van der Waals surface area contributed by atoms with E-state index in [0.29, 0.717) is 18.0 Å². The van der Waals surface area contributed by atoms with Gasteiger partial charge in [0.05, 0.1) is 0 Å². The van der Waals surface area contributed by atoms with Gasteiger partial charge in [0.2, 0.25) is 5.91 Å². The number of hydrogen-bond acceptors (Lipinski definition) is 5. The van der Waals surface area contributed by atoms with Crippen molar-refractivity contribution in [1.29, 1.82) is 0 Å². The van der Waals surface area contributed by atoms with Crippen LogP contribution in [0.5, 0.6) is 0 Å². The largest absolute Gasteiger partial charge is 0.351 e. The number of carbonyl (C=O) groups excluding carboxylic acids is 2. The minimum Gasteiger partial charge on any atom is -0.351 e. The van der Waals surface area contributed by atoms with Gasteiger partial charge in [-0.05, 0) is 36.0 Å². The van der Waals surface area contributed by atoms with Crippen LogP contribution in [0, 0.1) is 12.8 Å². The van der Waals surface area contributed by atoms with E-state index in [0.717, 1.165) is 28.4 Å². The number of allylic oxidation sites excluding steroid dienone is 1. The Morgan fingerprint density at radius 2 is 1.88 bits per heavy atom. The highest BCUT2D eigenvalue weighted by atomic mass is 32.1. The summed E-state index contributed by atoms with van der Waals surface area (Å²) in [5.41, 5.74) is 9.84. The minimum absolute atomic E-state index is 0.252. The van der Waals surface area contributed by atoms with Gasteiger partial charge >= 0.3 is 0 Å². The maximum Gasteiger partial charge on any atom is 0.289 e. The second kappa shape index (κ2) is 12.1. The Morgan fingerprint density at radius 3 is 2.62 bits per heavy atom. The van der Waals surface area contributed by atoms with Crippen LogP contribution in [0.3, 0.4) is 0 Å². The molecule has 0 radical (unpaired) electrons. The van der Waals surface area contributed by atoms with Crippen LogP contribution in [0.25, 0.3) is 17.2 Å². The highest BCUT2D eigenvalue weighted by molar-refractivity contribution is 7.13. The average molecular weight is 477 g/mol. The number of rotatable bonds is 9. The number of anilines is 1. The molecule has 34 heavy (non-hydrogen) atoms. The lowest BCUT2D eigenvalue weighted by Gasteiger charge is -2.17. The Bertz CT molecular complexity index is 1140. The molecule has 178 valence electrons. The lowest BCUT2D eigenvalue weighted by atomic mass is 9.97. The van der Waals surface area contributed by atoms with E-state index in [1.54, 1.807) is 5.38 Å². The Balaban J connectivity index is 1.48. The van der Waals surface area contributed by atoms with Crippen LogP contribution < -0.4 is 15.8 Å². The summed E-state index contributed by atoms with van der Waals surface area (Å²) in [6.07, 6.45) is 4.85. The van der Waals surface area contributed by atoms with Crippen molar-refractivity contribution < 1.29 is 9.59 Å². The molecule has 0 aliphatic rings. The van der Waals surface area contributed by atoms with Gasteiger partial charge in [-0.3, -0.25) is 20.4 Å². The van der Waals surface area contributed by atoms with E-state index in [1.165, 1.54) is 16.9 Å². The number of nitrogens with zero attached hydrogens (tertiary/aromatic N) is 2. The van der Waals surface area contributed by atoms with Gasteiger partial charge in [0.1, 0.15) is 5.69 Å². The van der Waals surface area contributed by atoms with Crippen LogP contribution in [0.4, 0.5) is 5.13 Å². The number of amides is 2. The molecule has 0 atom stereocenters. The van der Waals surface area contributed by atoms with Crippen LogP contribution in [-0.2, 0) is 4.79 Å². The van der Waals surface area contributed by atoms with Crippen molar-refractivity contribution in [3.05, 3.63) is 76.8 Å². The average Bonchev–Trinajstić information content (AvgIpc) is 3.32. The van der Waals surface area contributed by atoms with E-state index in [2.05, 4.69) is 66.9 Å². The first-order valence-corrected chi connectivity index (χ1v) is 12.3. The normalized spacial score (nSPS) is 11.1. The SMILES string of the molecule is Cc1ccc(C=CCCC(=O)NNC(=O)c2csc(N(C)CC(C)C)n2)c(-c2ccccc2)c1. The molecular formula is C27H32N4O2S. The van der Waals surface area contributed by atoms with Crippen LogP contribution >= 0.6 is 11.3 Å². The topological polar surface area (TPSA) is 74.3 Å². The van der Waals surface area contributed by atoms with Gasteiger partial charge in [-0.1, -0.05) is 80.1 Å². The number of nitrogens with one attached hydrogen (secondary N) is 2. The second-order valence-corrected chi connectivity index (χ2v) is 9.53. The molecule has 2 aromatic carbocycles. The van der Waals surface area contributed by atoms with E-state index in [1.807, 2.05) is 42.3 Å². The van der Waals surface area contributed by atoms with E-state index >= 15 is 0 Å². The Hall–Kier alpha value is -3.45.